The van der Waals surface area contributed by atoms with E-state index in [1.54, 1.807) is 0 Å². The second-order valence-corrected chi connectivity index (χ2v) is 6.83. The van der Waals surface area contributed by atoms with Gasteiger partial charge in [0.05, 0.1) is 19.3 Å². The molecule has 168 valence electrons. The molecule has 0 aliphatic rings. The summed E-state index contributed by atoms with van der Waals surface area (Å²) in [6.07, 6.45) is -0.225. The van der Waals surface area contributed by atoms with Gasteiger partial charge >= 0.3 is 35.0 Å². The standard InChI is InChI=1S/C15H21N3O9S3/c19-10(1-4-28)25-7-16-13(22)17(8-26-11(20)2-5-29)15(24)18(14(16)23)9-27-12(21)3-6-30/h28-30H,1-9H2. The Balaban J connectivity index is 3.30. The highest BCUT2D eigenvalue weighted by Gasteiger charge is 2.18. The molecule has 0 unspecified atom stereocenters. The summed E-state index contributed by atoms with van der Waals surface area (Å²) in [4.78, 5) is 72.2. The quantitative estimate of drug-likeness (QED) is 0.186. The van der Waals surface area contributed by atoms with Crippen molar-refractivity contribution < 1.29 is 28.6 Å². The lowest BCUT2D eigenvalue weighted by molar-refractivity contribution is -0.147. The van der Waals surface area contributed by atoms with Crippen LogP contribution in [0.15, 0.2) is 14.4 Å². The predicted octanol–water partition coefficient (Wildman–Crippen LogP) is -1.37. The molecular formula is C15H21N3O9S3. The van der Waals surface area contributed by atoms with Crippen LogP contribution < -0.4 is 17.1 Å². The van der Waals surface area contributed by atoms with Crippen LogP contribution in [0.5, 0.6) is 0 Å². The van der Waals surface area contributed by atoms with Crippen LogP contribution in [0.1, 0.15) is 19.3 Å². The van der Waals surface area contributed by atoms with E-state index < -0.39 is 55.2 Å². The number of thiol groups is 3. The van der Waals surface area contributed by atoms with Crippen molar-refractivity contribution in [3.63, 3.8) is 0 Å². The van der Waals surface area contributed by atoms with Gasteiger partial charge in [0.15, 0.2) is 20.2 Å². The smallest absolute Gasteiger partial charge is 0.341 e. The molecule has 0 aliphatic heterocycles. The third-order valence-electron chi connectivity index (χ3n) is 3.40. The number of carbonyl (C=O) groups is 3. The predicted molar refractivity (Wildman–Crippen MR) is 113 cm³/mol. The van der Waals surface area contributed by atoms with Gasteiger partial charge in [0.25, 0.3) is 0 Å². The third kappa shape index (κ3) is 7.60. The summed E-state index contributed by atoms with van der Waals surface area (Å²) in [5, 5.41) is 0. The van der Waals surface area contributed by atoms with Crippen LogP contribution in [0.3, 0.4) is 0 Å². The highest BCUT2D eigenvalue weighted by molar-refractivity contribution is 7.80. The normalized spacial score (nSPS) is 10.5. The molecule has 0 saturated carbocycles. The Hall–Kier alpha value is -2.13. The molecule has 0 N–H and O–H groups in total. The number of aromatic nitrogens is 3. The van der Waals surface area contributed by atoms with Crippen LogP contribution in [0, 0.1) is 0 Å². The largest absolute Gasteiger partial charge is 0.443 e. The van der Waals surface area contributed by atoms with Crippen molar-refractivity contribution in [3.8, 4) is 0 Å². The topological polar surface area (TPSA) is 145 Å². The van der Waals surface area contributed by atoms with Crippen molar-refractivity contribution in [3.05, 3.63) is 31.5 Å². The lowest BCUT2D eigenvalue weighted by Crippen LogP contribution is -2.55. The molecule has 0 fully saturated rings. The molecule has 15 heteroatoms. The van der Waals surface area contributed by atoms with Crippen molar-refractivity contribution in [1.82, 2.24) is 13.7 Å². The average Bonchev–Trinajstić information content (AvgIpc) is 2.68. The Bertz CT molecular complexity index is 789. The van der Waals surface area contributed by atoms with Gasteiger partial charge in [-0.25, -0.2) is 28.1 Å². The molecular weight excluding hydrogens is 462 g/mol. The molecule has 1 heterocycles. The van der Waals surface area contributed by atoms with Gasteiger partial charge in [-0.2, -0.15) is 37.9 Å². The fraction of sp³-hybridized carbons (Fsp3) is 0.600. The summed E-state index contributed by atoms with van der Waals surface area (Å²) >= 11 is 11.6. The number of nitrogens with zero attached hydrogens (tertiary/aromatic N) is 3. The van der Waals surface area contributed by atoms with E-state index >= 15 is 0 Å². The minimum atomic E-state index is -1.18. The molecule has 0 radical (unpaired) electrons. The first-order valence-corrected chi connectivity index (χ1v) is 10.4. The summed E-state index contributed by atoms with van der Waals surface area (Å²) in [5.74, 6) is -1.66. The Morgan fingerprint density at radius 1 is 0.567 bits per heavy atom. The maximum atomic E-state index is 12.5. The highest BCUT2D eigenvalue weighted by atomic mass is 32.1. The van der Waals surface area contributed by atoms with Gasteiger partial charge in [0.1, 0.15) is 0 Å². The molecule has 12 nitrogen and oxygen atoms in total. The van der Waals surface area contributed by atoms with E-state index in [1.807, 2.05) is 0 Å². The third-order valence-corrected chi connectivity index (χ3v) is 4.07. The Labute approximate surface area is 186 Å². The fourth-order valence-corrected chi connectivity index (χ4v) is 2.46. The lowest BCUT2D eigenvalue weighted by atomic mass is 10.5. The molecule has 0 aromatic carbocycles. The fourth-order valence-electron chi connectivity index (χ4n) is 1.91. The van der Waals surface area contributed by atoms with Gasteiger partial charge in [0, 0.05) is 17.3 Å². The highest BCUT2D eigenvalue weighted by Crippen LogP contribution is 1.93. The van der Waals surface area contributed by atoms with Gasteiger partial charge < -0.3 is 14.2 Å². The van der Waals surface area contributed by atoms with Crippen LogP contribution in [0.2, 0.25) is 0 Å². The first-order valence-electron chi connectivity index (χ1n) is 8.50. The van der Waals surface area contributed by atoms with E-state index in [-0.39, 0.29) is 36.5 Å². The zero-order valence-corrected chi connectivity index (χ0v) is 18.4. The van der Waals surface area contributed by atoms with E-state index in [4.69, 9.17) is 14.2 Å². The number of hydrogen-bond donors (Lipinski definition) is 3. The van der Waals surface area contributed by atoms with Crippen molar-refractivity contribution in [2.24, 2.45) is 0 Å². The lowest BCUT2D eigenvalue weighted by Gasteiger charge is -2.14. The van der Waals surface area contributed by atoms with Crippen LogP contribution in [0.4, 0.5) is 0 Å². The second-order valence-electron chi connectivity index (χ2n) is 5.49. The number of ether oxygens (including phenoxy) is 3. The van der Waals surface area contributed by atoms with Crippen LogP contribution in [-0.4, -0.2) is 48.9 Å². The van der Waals surface area contributed by atoms with Crippen molar-refractivity contribution in [1.29, 1.82) is 0 Å². The Morgan fingerprint density at radius 2 is 0.800 bits per heavy atom. The number of esters is 3. The molecule has 0 atom stereocenters. The number of rotatable bonds is 12. The summed E-state index contributed by atoms with van der Waals surface area (Å²) in [6, 6.07) is 0. The zero-order chi connectivity index (χ0) is 22.7. The molecule has 0 saturated heterocycles. The zero-order valence-electron chi connectivity index (χ0n) is 15.7. The summed E-state index contributed by atoms with van der Waals surface area (Å²) in [7, 11) is 0. The molecule has 1 rings (SSSR count). The minimum Gasteiger partial charge on any atom is -0.443 e. The minimum absolute atomic E-state index is 0.0750. The first kappa shape index (κ1) is 25.9. The van der Waals surface area contributed by atoms with E-state index in [2.05, 4.69) is 37.9 Å². The van der Waals surface area contributed by atoms with E-state index in [9.17, 15) is 28.8 Å². The van der Waals surface area contributed by atoms with Gasteiger partial charge in [-0.1, -0.05) is 0 Å². The summed E-state index contributed by atoms with van der Waals surface area (Å²) in [5.41, 5.74) is -3.54. The van der Waals surface area contributed by atoms with Crippen LogP contribution in [-0.2, 0) is 48.8 Å². The first-order chi connectivity index (χ1) is 14.3. The number of hydrogen-bond acceptors (Lipinski definition) is 12. The maximum absolute atomic E-state index is 12.5. The van der Waals surface area contributed by atoms with Crippen LogP contribution >= 0.6 is 37.9 Å². The molecule has 30 heavy (non-hydrogen) atoms. The van der Waals surface area contributed by atoms with E-state index in [1.165, 1.54) is 0 Å². The van der Waals surface area contributed by atoms with E-state index in [0.717, 1.165) is 0 Å². The SMILES string of the molecule is O=C(CCS)OCn1c(=O)n(COC(=O)CCS)c(=O)n(COC(=O)CCS)c1=O. The number of carbonyl (C=O) groups excluding carboxylic acids is 3. The monoisotopic (exact) mass is 483 g/mol. The van der Waals surface area contributed by atoms with Gasteiger partial charge in [0.2, 0.25) is 0 Å². The van der Waals surface area contributed by atoms with Crippen LogP contribution in [0.25, 0.3) is 0 Å². The van der Waals surface area contributed by atoms with Crippen molar-refractivity contribution >= 4 is 55.8 Å². The molecule has 0 aliphatic carbocycles. The van der Waals surface area contributed by atoms with Gasteiger partial charge in [-0.3, -0.25) is 14.4 Å². The second kappa shape index (κ2) is 13.2. The average molecular weight is 484 g/mol. The maximum Gasteiger partial charge on any atom is 0.341 e. The Morgan fingerprint density at radius 3 is 1.00 bits per heavy atom. The molecule has 0 bridgehead atoms. The summed E-state index contributed by atoms with van der Waals surface area (Å²) < 4.78 is 15.7. The van der Waals surface area contributed by atoms with Crippen molar-refractivity contribution in [2.75, 3.05) is 17.3 Å². The molecule has 0 spiro atoms. The van der Waals surface area contributed by atoms with Gasteiger partial charge in [-0.15, -0.1) is 0 Å². The van der Waals surface area contributed by atoms with Gasteiger partial charge in [-0.05, 0) is 0 Å². The summed E-state index contributed by atoms with van der Waals surface area (Å²) in [6.45, 7) is -2.42. The van der Waals surface area contributed by atoms with Crippen molar-refractivity contribution in [2.45, 2.75) is 39.5 Å². The molecule has 1 aromatic heterocycles. The molecule has 1 aromatic rings. The Kier molecular flexibility index (Phi) is 11.4. The molecule has 0 amide bonds. The van der Waals surface area contributed by atoms with E-state index in [0.29, 0.717) is 13.7 Å².